The van der Waals surface area contributed by atoms with Crippen LogP contribution in [0, 0.1) is 18.3 Å². The SMILES string of the molecule is Cc1cccnc1CN(Cc1ccc(C#N)cc1CO)Cc1ncccc1Cl. The van der Waals surface area contributed by atoms with E-state index in [-0.39, 0.29) is 6.61 Å². The van der Waals surface area contributed by atoms with Crippen LogP contribution in [-0.4, -0.2) is 20.0 Å². The lowest BCUT2D eigenvalue weighted by atomic mass is 10.0. The second-order valence-corrected chi connectivity index (χ2v) is 7.00. The number of nitriles is 1. The Morgan fingerprint density at radius 1 is 1.00 bits per heavy atom. The number of hydrogen-bond donors (Lipinski definition) is 1. The normalized spacial score (nSPS) is 10.8. The molecular formula is C22H21ClN4O. The lowest BCUT2D eigenvalue weighted by Gasteiger charge is -2.24. The quantitative estimate of drug-likeness (QED) is 0.657. The number of aliphatic hydroxyl groups is 1. The first kappa shape index (κ1) is 20.0. The fourth-order valence-electron chi connectivity index (χ4n) is 3.05. The average molecular weight is 393 g/mol. The molecule has 0 aliphatic heterocycles. The Kier molecular flexibility index (Phi) is 6.72. The Hall–Kier alpha value is -2.78. The molecule has 2 aromatic heterocycles. The van der Waals surface area contributed by atoms with E-state index in [0.29, 0.717) is 30.2 Å². The molecule has 0 aliphatic rings. The maximum Gasteiger partial charge on any atom is 0.0991 e. The summed E-state index contributed by atoms with van der Waals surface area (Å²) in [6, 6.07) is 15.1. The molecule has 0 aliphatic carbocycles. The summed E-state index contributed by atoms with van der Waals surface area (Å²) < 4.78 is 0. The molecule has 0 saturated carbocycles. The monoisotopic (exact) mass is 392 g/mol. The van der Waals surface area contributed by atoms with Crippen LogP contribution in [0.3, 0.4) is 0 Å². The fourth-order valence-corrected chi connectivity index (χ4v) is 3.23. The van der Waals surface area contributed by atoms with E-state index in [4.69, 9.17) is 16.9 Å². The van der Waals surface area contributed by atoms with Gasteiger partial charge in [0.05, 0.1) is 34.7 Å². The Morgan fingerprint density at radius 2 is 1.71 bits per heavy atom. The highest BCUT2D eigenvalue weighted by Gasteiger charge is 2.15. The molecular weight excluding hydrogens is 372 g/mol. The second-order valence-electron chi connectivity index (χ2n) is 6.60. The molecule has 28 heavy (non-hydrogen) atoms. The van der Waals surface area contributed by atoms with Crippen LogP contribution >= 0.6 is 11.6 Å². The molecule has 0 atom stereocenters. The number of rotatable bonds is 7. The fraction of sp³-hybridized carbons (Fsp3) is 0.227. The standard InChI is InChI=1S/C22H21ClN4O/c1-16-4-2-8-25-21(16)13-27(14-22-20(23)5-3-9-26-22)12-18-7-6-17(11-24)10-19(18)15-28/h2-10,28H,12-15H2,1H3. The van der Waals surface area contributed by atoms with E-state index in [0.717, 1.165) is 28.1 Å². The summed E-state index contributed by atoms with van der Waals surface area (Å²) in [7, 11) is 0. The highest BCUT2D eigenvalue weighted by molar-refractivity contribution is 6.31. The molecule has 142 valence electrons. The van der Waals surface area contributed by atoms with Crippen molar-refractivity contribution in [2.24, 2.45) is 0 Å². The number of pyridine rings is 2. The van der Waals surface area contributed by atoms with Crippen molar-refractivity contribution in [1.29, 1.82) is 5.26 Å². The van der Waals surface area contributed by atoms with Crippen molar-refractivity contribution in [3.05, 3.63) is 93.5 Å². The number of aryl methyl sites for hydroxylation is 1. The molecule has 1 N–H and O–H groups in total. The van der Waals surface area contributed by atoms with Gasteiger partial charge in [-0.05, 0) is 53.9 Å². The first-order valence-corrected chi connectivity index (χ1v) is 9.33. The summed E-state index contributed by atoms with van der Waals surface area (Å²) in [5.74, 6) is 0. The van der Waals surface area contributed by atoms with Gasteiger partial charge in [0, 0.05) is 32.0 Å². The summed E-state index contributed by atoms with van der Waals surface area (Å²) in [4.78, 5) is 11.1. The second kappa shape index (κ2) is 9.43. The van der Waals surface area contributed by atoms with Gasteiger partial charge in [-0.3, -0.25) is 14.9 Å². The third-order valence-corrected chi connectivity index (χ3v) is 4.94. The van der Waals surface area contributed by atoms with Gasteiger partial charge in [-0.25, -0.2) is 0 Å². The van der Waals surface area contributed by atoms with Crippen molar-refractivity contribution >= 4 is 11.6 Å². The number of nitrogens with zero attached hydrogens (tertiary/aromatic N) is 4. The molecule has 3 aromatic rings. The van der Waals surface area contributed by atoms with Crippen molar-refractivity contribution in [2.75, 3.05) is 0 Å². The molecule has 5 nitrogen and oxygen atoms in total. The van der Waals surface area contributed by atoms with Crippen molar-refractivity contribution in [3.8, 4) is 6.07 Å². The number of aromatic nitrogens is 2. The smallest absolute Gasteiger partial charge is 0.0991 e. The van der Waals surface area contributed by atoms with Crippen LogP contribution in [-0.2, 0) is 26.2 Å². The molecule has 0 fully saturated rings. The van der Waals surface area contributed by atoms with Crippen LogP contribution in [0.4, 0.5) is 0 Å². The largest absolute Gasteiger partial charge is 0.392 e. The van der Waals surface area contributed by atoms with Gasteiger partial charge < -0.3 is 5.11 Å². The van der Waals surface area contributed by atoms with E-state index in [1.54, 1.807) is 24.5 Å². The first-order valence-electron chi connectivity index (χ1n) is 8.95. The molecule has 0 amide bonds. The highest BCUT2D eigenvalue weighted by atomic mass is 35.5. The first-order chi connectivity index (χ1) is 13.6. The van der Waals surface area contributed by atoms with Crippen LogP contribution in [0.2, 0.25) is 5.02 Å². The predicted octanol–water partition coefficient (Wildman–Crippen LogP) is 4.00. The minimum Gasteiger partial charge on any atom is -0.392 e. The van der Waals surface area contributed by atoms with Crippen LogP contribution in [0.25, 0.3) is 0 Å². The third kappa shape index (κ3) is 4.93. The highest BCUT2D eigenvalue weighted by Crippen LogP contribution is 2.21. The number of benzene rings is 1. The topological polar surface area (TPSA) is 73.0 Å². The van der Waals surface area contributed by atoms with Crippen LogP contribution < -0.4 is 0 Å². The van der Waals surface area contributed by atoms with Gasteiger partial charge in [0.2, 0.25) is 0 Å². The van der Waals surface area contributed by atoms with E-state index in [1.807, 2.05) is 37.3 Å². The number of aliphatic hydroxyl groups excluding tert-OH is 1. The van der Waals surface area contributed by atoms with Gasteiger partial charge in [0.15, 0.2) is 0 Å². The summed E-state index contributed by atoms with van der Waals surface area (Å²) in [6.45, 7) is 3.65. The van der Waals surface area contributed by atoms with Crippen LogP contribution in [0.5, 0.6) is 0 Å². The number of hydrogen-bond acceptors (Lipinski definition) is 5. The molecule has 0 spiro atoms. The van der Waals surface area contributed by atoms with E-state index in [1.165, 1.54) is 0 Å². The van der Waals surface area contributed by atoms with E-state index in [9.17, 15) is 5.11 Å². The molecule has 2 heterocycles. The summed E-state index contributed by atoms with van der Waals surface area (Å²) in [5.41, 5.74) is 5.12. The Morgan fingerprint density at radius 3 is 2.39 bits per heavy atom. The molecule has 6 heteroatoms. The van der Waals surface area contributed by atoms with Gasteiger partial charge in [-0.2, -0.15) is 5.26 Å². The summed E-state index contributed by atoms with van der Waals surface area (Å²) in [5, 5.41) is 19.5. The van der Waals surface area contributed by atoms with Crippen molar-refractivity contribution < 1.29 is 5.11 Å². The average Bonchev–Trinajstić information content (AvgIpc) is 2.71. The Balaban J connectivity index is 1.91. The predicted molar refractivity (Wildman–Crippen MR) is 108 cm³/mol. The minimum absolute atomic E-state index is 0.119. The summed E-state index contributed by atoms with van der Waals surface area (Å²) >= 11 is 6.32. The van der Waals surface area contributed by atoms with Gasteiger partial charge in [-0.1, -0.05) is 23.7 Å². The van der Waals surface area contributed by atoms with Crippen molar-refractivity contribution in [1.82, 2.24) is 14.9 Å². The van der Waals surface area contributed by atoms with Crippen molar-refractivity contribution in [3.63, 3.8) is 0 Å². The van der Waals surface area contributed by atoms with Crippen LogP contribution in [0.1, 0.15) is 33.6 Å². The zero-order valence-electron chi connectivity index (χ0n) is 15.6. The third-order valence-electron chi connectivity index (χ3n) is 4.60. The van der Waals surface area contributed by atoms with Gasteiger partial charge in [0.1, 0.15) is 0 Å². The minimum atomic E-state index is -0.119. The van der Waals surface area contributed by atoms with Gasteiger partial charge in [0.25, 0.3) is 0 Å². The van der Waals surface area contributed by atoms with E-state index >= 15 is 0 Å². The van der Waals surface area contributed by atoms with Gasteiger partial charge in [-0.15, -0.1) is 0 Å². The maximum atomic E-state index is 9.75. The molecule has 0 bridgehead atoms. The summed E-state index contributed by atoms with van der Waals surface area (Å²) in [6.07, 6.45) is 3.52. The van der Waals surface area contributed by atoms with E-state index < -0.39 is 0 Å². The van der Waals surface area contributed by atoms with Crippen LogP contribution in [0.15, 0.2) is 54.9 Å². The molecule has 0 saturated heterocycles. The molecule has 3 rings (SSSR count). The maximum absolute atomic E-state index is 9.75. The Bertz CT molecular complexity index is 952. The van der Waals surface area contributed by atoms with Gasteiger partial charge >= 0.3 is 0 Å². The zero-order valence-corrected chi connectivity index (χ0v) is 16.4. The Labute approximate surface area is 169 Å². The van der Waals surface area contributed by atoms with Crippen molar-refractivity contribution in [2.45, 2.75) is 33.2 Å². The lowest BCUT2D eigenvalue weighted by Crippen LogP contribution is -2.25. The molecule has 1 aromatic carbocycles. The molecule has 0 radical (unpaired) electrons. The van der Waals surface area contributed by atoms with E-state index in [2.05, 4.69) is 20.9 Å². The lowest BCUT2D eigenvalue weighted by molar-refractivity contribution is 0.235. The zero-order chi connectivity index (χ0) is 19.9. The molecule has 0 unspecified atom stereocenters. The number of halogens is 1.